The summed E-state index contributed by atoms with van der Waals surface area (Å²) in [5.41, 5.74) is 0. The van der Waals surface area contributed by atoms with E-state index < -0.39 is 0 Å². The number of alkyl halides is 1. The summed E-state index contributed by atoms with van der Waals surface area (Å²) in [5, 5.41) is 2.81. The molecule has 0 bridgehead atoms. The van der Waals surface area contributed by atoms with Gasteiger partial charge in [0.2, 0.25) is 5.91 Å². The second-order valence-corrected chi connectivity index (χ2v) is 4.84. The van der Waals surface area contributed by atoms with E-state index >= 15 is 0 Å². The summed E-state index contributed by atoms with van der Waals surface area (Å²) < 4.78 is 5.30. The van der Waals surface area contributed by atoms with E-state index in [0.717, 1.165) is 0 Å². The zero-order chi connectivity index (χ0) is 11.1. The predicted molar refractivity (Wildman–Crippen MR) is 61.7 cm³/mol. The van der Waals surface area contributed by atoms with Gasteiger partial charge in [0.25, 0.3) is 0 Å². The van der Waals surface area contributed by atoms with Gasteiger partial charge in [0.1, 0.15) is 0 Å². The van der Waals surface area contributed by atoms with Gasteiger partial charge in [-0.15, -0.1) is 0 Å². The van der Waals surface area contributed by atoms with Gasteiger partial charge in [-0.1, -0.05) is 29.8 Å². The van der Waals surface area contributed by atoms with Crippen LogP contribution in [0.15, 0.2) is 0 Å². The fourth-order valence-corrected chi connectivity index (χ4v) is 1.03. The van der Waals surface area contributed by atoms with Gasteiger partial charge in [0, 0.05) is 6.54 Å². The van der Waals surface area contributed by atoms with Gasteiger partial charge in [-0.2, -0.15) is 0 Å². The minimum atomic E-state index is -0.110. The van der Waals surface area contributed by atoms with E-state index in [-0.39, 0.29) is 16.8 Å². The van der Waals surface area contributed by atoms with Crippen LogP contribution in [0.1, 0.15) is 27.7 Å². The fraction of sp³-hybridized carbons (Fsp3) is 0.900. The molecular formula is C10H20BrNO2. The number of hydrogen-bond donors (Lipinski definition) is 1. The zero-order valence-corrected chi connectivity index (χ0v) is 10.9. The van der Waals surface area contributed by atoms with Gasteiger partial charge >= 0.3 is 0 Å². The minimum Gasteiger partial charge on any atom is -0.377 e. The van der Waals surface area contributed by atoms with E-state index in [2.05, 4.69) is 21.2 Å². The normalized spacial score (nSPS) is 13.4. The van der Waals surface area contributed by atoms with Crippen LogP contribution in [0, 0.1) is 5.92 Å². The van der Waals surface area contributed by atoms with Crippen molar-refractivity contribution in [1.29, 1.82) is 0 Å². The lowest BCUT2D eigenvalue weighted by molar-refractivity contribution is -0.121. The largest absolute Gasteiger partial charge is 0.377 e. The summed E-state index contributed by atoms with van der Waals surface area (Å²) in [7, 11) is 0. The third-order valence-electron chi connectivity index (χ3n) is 1.69. The average Bonchev–Trinajstić information content (AvgIpc) is 2.10. The van der Waals surface area contributed by atoms with Crippen molar-refractivity contribution in [2.75, 3.05) is 13.2 Å². The summed E-state index contributed by atoms with van der Waals surface area (Å²) in [5.74, 6) is 0.341. The topological polar surface area (TPSA) is 38.3 Å². The number of nitrogens with one attached hydrogen (secondary N) is 1. The third-order valence-corrected chi connectivity index (χ3v) is 3.16. The average molecular weight is 266 g/mol. The van der Waals surface area contributed by atoms with Crippen LogP contribution in [0.25, 0.3) is 0 Å². The molecule has 1 unspecified atom stereocenters. The van der Waals surface area contributed by atoms with Crippen LogP contribution in [0.5, 0.6) is 0 Å². The summed E-state index contributed by atoms with van der Waals surface area (Å²) in [6.07, 6.45) is 0.219. The SMILES string of the molecule is CC(C)OCCNC(=O)C(Br)C(C)C. The maximum absolute atomic E-state index is 11.4. The molecule has 14 heavy (non-hydrogen) atoms. The van der Waals surface area contributed by atoms with Crippen molar-refractivity contribution >= 4 is 21.8 Å². The fourth-order valence-electron chi connectivity index (χ4n) is 0.869. The number of amides is 1. The molecule has 1 atom stereocenters. The van der Waals surface area contributed by atoms with Crippen LogP contribution in [-0.2, 0) is 9.53 Å². The first-order valence-corrected chi connectivity index (χ1v) is 5.90. The Morgan fingerprint density at radius 3 is 2.36 bits per heavy atom. The van der Waals surface area contributed by atoms with Gasteiger partial charge in [-0.05, 0) is 19.8 Å². The van der Waals surface area contributed by atoms with E-state index in [4.69, 9.17) is 4.74 Å². The molecule has 0 fully saturated rings. The third kappa shape index (κ3) is 6.38. The molecule has 0 aromatic carbocycles. The van der Waals surface area contributed by atoms with E-state index in [9.17, 15) is 4.79 Å². The van der Waals surface area contributed by atoms with E-state index in [1.165, 1.54) is 0 Å². The molecule has 0 spiro atoms. The second-order valence-electron chi connectivity index (χ2n) is 3.86. The molecule has 0 aromatic rings. The van der Waals surface area contributed by atoms with Gasteiger partial charge in [-0.3, -0.25) is 4.79 Å². The monoisotopic (exact) mass is 265 g/mol. The van der Waals surface area contributed by atoms with Crippen LogP contribution in [0.4, 0.5) is 0 Å². The lowest BCUT2D eigenvalue weighted by Crippen LogP contribution is -2.36. The highest BCUT2D eigenvalue weighted by Crippen LogP contribution is 2.11. The smallest absolute Gasteiger partial charge is 0.234 e. The molecule has 0 aliphatic rings. The summed E-state index contributed by atoms with van der Waals surface area (Å²) in [4.78, 5) is 11.3. The van der Waals surface area contributed by atoms with Crippen LogP contribution >= 0.6 is 15.9 Å². The van der Waals surface area contributed by atoms with E-state index in [1.807, 2.05) is 27.7 Å². The first kappa shape index (κ1) is 13.9. The number of rotatable bonds is 6. The number of carbonyl (C=O) groups excluding carboxylic acids is 1. The Hall–Kier alpha value is -0.0900. The molecule has 3 nitrogen and oxygen atoms in total. The first-order valence-electron chi connectivity index (χ1n) is 4.98. The molecule has 1 N–H and O–H groups in total. The van der Waals surface area contributed by atoms with Crippen molar-refractivity contribution in [3.63, 3.8) is 0 Å². The molecule has 84 valence electrons. The van der Waals surface area contributed by atoms with Crippen LogP contribution in [0.2, 0.25) is 0 Å². The number of hydrogen-bond acceptors (Lipinski definition) is 2. The minimum absolute atomic E-state index is 0.0346. The molecule has 0 saturated carbocycles. The van der Waals surface area contributed by atoms with Crippen molar-refractivity contribution < 1.29 is 9.53 Å². The quantitative estimate of drug-likeness (QED) is 0.589. The van der Waals surface area contributed by atoms with Gasteiger partial charge < -0.3 is 10.1 Å². The van der Waals surface area contributed by atoms with E-state index in [1.54, 1.807) is 0 Å². The van der Waals surface area contributed by atoms with Crippen molar-refractivity contribution in [2.45, 2.75) is 38.6 Å². The van der Waals surface area contributed by atoms with E-state index in [0.29, 0.717) is 19.1 Å². The molecule has 0 rings (SSSR count). The molecule has 0 radical (unpaired) electrons. The Labute approximate surface area is 94.7 Å². The molecule has 1 amide bonds. The molecular weight excluding hydrogens is 246 g/mol. The lowest BCUT2D eigenvalue weighted by Gasteiger charge is -2.14. The van der Waals surface area contributed by atoms with Gasteiger partial charge in [-0.25, -0.2) is 0 Å². The lowest BCUT2D eigenvalue weighted by atomic mass is 10.1. The molecule has 0 aliphatic heterocycles. The number of carbonyl (C=O) groups is 1. The van der Waals surface area contributed by atoms with Gasteiger partial charge in [0.05, 0.1) is 17.5 Å². The number of ether oxygens (including phenoxy) is 1. The highest BCUT2D eigenvalue weighted by molar-refractivity contribution is 9.10. The Balaban J connectivity index is 3.54. The first-order chi connectivity index (χ1) is 6.45. The molecule has 0 saturated heterocycles. The Kier molecular flexibility index (Phi) is 7.19. The van der Waals surface area contributed by atoms with Crippen molar-refractivity contribution in [3.05, 3.63) is 0 Å². The Morgan fingerprint density at radius 1 is 1.36 bits per heavy atom. The Bertz CT molecular complexity index is 172. The molecule has 0 heterocycles. The van der Waals surface area contributed by atoms with Crippen LogP contribution in [0.3, 0.4) is 0 Å². The maximum atomic E-state index is 11.4. The highest BCUT2D eigenvalue weighted by Gasteiger charge is 2.17. The highest BCUT2D eigenvalue weighted by atomic mass is 79.9. The maximum Gasteiger partial charge on any atom is 0.234 e. The van der Waals surface area contributed by atoms with Crippen molar-refractivity contribution in [1.82, 2.24) is 5.32 Å². The molecule has 0 aliphatic carbocycles. The van der Waals surface area contributed by atoms with Crippen molar-refractivity contribution in [3.8, 4) is 0 Å². The zero-order valence-electron chi connectivity index (χ0n) is 9.34. The standard InChI is InChI=1S/C10H20BrNO2/c1-7(2)9(11)10(13)12-5-6-14-8(3)4/h7-9H,5-6H2,1-4H3,(H,12,13). The van der Waals surface area contributed by atoms with Gasteiger partial charge in [0.15, 0.2) is 0 Å². The summed E-state index contributed by atoms with van der Waals surface area (Å²) in [6.45, 7) is 9.10. The second kappa shape index (κ2) is 7.23. The van der Waals surface area contributed by atoms with Crippen LogP contribution in [-0.4, -0.2) is 30.0 Å². The molecule has 4 heteroatoms. The van der Waals surface area contributed by atoms with Crippen LogP contribution < -0.4 is 5.32 Å². The summed E-state index contributed by atoms with van der Waals surface area (Å²) >= 11 is 3.34. The Morgan fingerprint density at radius 2 is 1.93 bits per heavy atom. The predicted octanol–water partition coefficient (Wildman–Crippen LogP) is 1.95. The van der Waals surface area contributed by atoms with Crippen molar-refractivity contribution in [2.24, 2.45) is 5.92 Å². The molecule has 0 aromatic heterocycles. The summed E-state index contributed by atoms with van der Waals surface area (Å²) in [6, 6.07) is 0. The number of halogens is 1.